The van der Waals surface area contributed by atoms with Gasteiger partial charge in [-0.1, -0.05) is 0 Å². The summed E-state index contributed by atoms with van der Waals surface area (Å²) in [4.78, 5) is 11.3. The predicted octanol–water partition coefficient (Wildman–Crippen LogP) is 1.60. The molecule has 0 aliphatic carbocycles. The Hall–Kier alpha value is -1.27. The van der Waals surface area contributed by atoms with Crippen LogP contribution in [0.3, 0.4) is 0 Å². The largest absolute Gasteiger partial charge is 0.352 e. The molecule has 17 heavy (non-hydrogen) atoms. The molecule has 1 aromatic rings. The van der Waals surface area contributed by atoms with Crippen LogP contribution in [0.25, 0.3) is 0 Å². The number of benzene rings is 1. The molecule has 0 aromatic heterocycles. The highest BCUT2D eigenvalue weighted by molar-refractivity contribution is 5.94. The lowest BCUT2D eigenvalue weighted by atomic mass is 10.2. The van der Waals surface area contributed by atoms with Crippen molar-refractivity contribution in [1.29, 1.82) is 0 Å². The number of nitrogens with one attached hydrogen (secondary N) is 1. The summed E-state index contributed by atoms with van der Waals surface area (Å²) in [6.07, 6.45) is 0.553. The molecule has 0 spiro atoms. The van der Waals surface area contributed by atoms with E-state index < -0.39 is 23.4 Å². The highest BCUT2D eigenvalue weighted by Crippen LogP contribution is 2.13. The van der Waals surface area contributed by atoms with Gasteiger partial charge in [0.15, 0.2) is 17.5 Å². The first-order valence-electron chi connectivity index (χ1n) is 4.69. The molecule has 0 fully saturated rings. The molecule has 1 rings (SSSR count). The summed E-state index contributed by atoms with van der Waals surface area (Å²) in [5.41, 5.74) is 4.94. The highest BCUT2D eigenvalue weighted by atomic mass is 35.5. The van der Waals surface area contributed by atoms with Crippen molar-refractivity contribution in [2.24, 2.45) is 5.73 Å². The maximum Gasteiger partial charge on any atom is 0.251 e. The van der Waals surface area contributed by atoms with Gasteiger partial charge in [0.05, 0.1) is 0 Å². The molecule has 1 amide bonds. The average Bonchev–Trinajstić information content (AvgIpc) is 2.25. The highest BCUT2D eigenvalue weighted by Gasteiger charge is 2.14. The lowest BCUT2D eigenvalue weighted by molar-refractivity contribution is 0.0952. The van der Waals surface area contributed by atoms with Gasteiger partial charge in [-0.05, 0) is 25.1 Å². The Morgan fingerprint density at radius 3 is 2.24 bits per heavy atom. The lowest BCUT2D eigenvalue weighted by Crippen LogP contribution is -2.26. The van der Waals surface area contributed by atoms with Gasteiger partial charge < -0.3 is 11.1 Å². The van der Waals surface area contributed by atoms with Crippen molar-refractivity contribution in [2.45, 2.75) is 6.42 Å². The van der Waals surface area contributed by atoms with Crippen LogP contribution in [-0.4, -0.2) is 19.0 Å². The fraction of sp³-hybridized carbons (Fsp3) is 0.300. The van der Waals surface area contributed by atoms with Gasteiger partial charge in [0, 0.05) is 12.1 Å². The summed E-state index contributed by atoms with van der Waals surface area (Å²) in [7, 11) is 0. The first kappa shape index (κ1) is 15.7. The molecule has 3 N–H and O–H groups in total. The molecule has 0 radical (unpaired) electrons. The molecule has 0 heterocycles. The summed E-state index contributed by atoms with van der Waals surface area (Å²) < 4.78 is 38.1. The second-order valence-corrected chi connectivity index (χ2v) is 3.15. The van der Waals surface area contributed by atoms with E-state index in [0.29, 0.717) is 31.6 Å². The van der Waals surface area contributed by atoms with Crippen LogP contribution < -0.4 is 11.1 Å². The number of carbonyl (C=O) groups is 1. The van der Waals surface area contributed by atoms with E-state index in [-0.39, 0.29) is 18.0 Å². The normalized spacial score (nSPS) is 9.65. The number of hydrogen-bond donors (Lipinski definition) is 2. The van der Waals surface area contributed by atoms with Crippen LogP contribution in [0.15, 0.2) is 12.1 Å². The summed E-state index contributed by atoms with van der Waals surface area (Å²) in [5.74, 6) is -5.02. The molecule has 0 aliphatic rings. The molecule has 0 saturated carbocycles. The van der Waals surface area contributed by atoms with E-state index in [9.17, 15) is 18.0 Å². The molecule has 0 bridgehead atoms. The molecule has 0 atom stereocenters. The van der Waals surface area contributed by atoms with Crippen molar-refractivity contribution in [1.82, 2.24) is 5.32 Å². The predicted molar refractivity (Wildman–Crippen MR) is 59.6 cm³/mol. The molecule has 1 aromatic carbocycles. The van der Waals surface area contributed by atoms with E-state index in [4.69, 9.17) is 5.73 Å². The first-order chi connectivity index (χ1) is 7.56. The van der Waals surface area contributed by atoms with Crippen molar-refractivity contribution in [3.63, 3.8) is 0 Å². The molecular formula is C10H12ClF3N2O. The minimum Gasteiger partial charge on any atom is -0.352 e. The van der Waals surface area contributed by atoms with Crippen molar-refractivity contribution in [2.75, 3.05) is 13.1 Å². The Morgan fingerprint density at radius 1 is 1.24 bits per heavy atom. The van der Waals surface area contributed by atoms with Crippen LogP contribution in [-0.2, 0) is 0 Å². The molecule has 96 valence electrons. The average molecular weight is 269 g/mol. The summed E-state index contributed by atoms with van der Waals surface area (Å²) in [5, 5.41) is 2.40. The SMILES string of the molecule is Cl.NCCCNC(=O)c1cc(F)c(F)c(F)c1. The molecule has 0 saturated heterocycles. The maximum absolute atomic E-state index is 12.8. The van der Waals surface area contributed by atoms with Gasteiger partial charge in [-0.25, -0.2) is 13.2 Å². The van der Waals surface area contributed by atoms with E-state index in [1.807, 2.05) is 0 Å². The second kappa shape index (κ2) is 7.13. The van der Waals surface area contributed by atoms with Crippen molar-refractivity contribution >= 4 is 18.3 Å². The lowest BCUT2D eigenvalue weighted by Gasteiger charge is -2.05. The zero-order valence-corrected chi connectivity index (χ0v) is 9.62. The summed E-state index contributed by atoms with van der Waals surface area (Å²) in [6.45, 7) is 0.697. The number of hydrogen-bond acceptors (Lipinski definition) is 2. The fourth-order valence-corrected chi connectivity index (χ4v) is 1.09. The van der Waals surface area contributed by atoms with Crippen LogP contribution in [0.1, 0.15) is 16.8 Å². The van der Waals surface area contributed by atoms with Crippen molar-refractivity contribution in [3.05, 3.63) is 35.1 Å². The fourth-order valence-electron chi connectivity index (χ4n) is 1.09. The smallest absolute Gasteiger partial charge is 0.251 e. The number of nitrogens with two attached hydrogens (primary N) is 1. The molecule has 7 heteroatoms. The van der Waals surface area contributed by atoms with Gasteiger partial charge in [-0.3, -0.25) is 4.79 Å². The number of carbonyl (C=O) groups excluding carboxylic acids is 1. The Balaban J connectivity index is 0.00000256. The van der Waals surface area contributed by atoms with Crippen LogP contribution >= 0.6 is 12.4 Å². The quantitative estimate of drug-likeness (QED) is 0.644. The number of halogens is 4. The van der Waals surface area contributed by atoms with Gasteiger partial charge in [0.25, 0.3) is 5.91 Å². The standard InChI is InChI=1S/C10H11F3N2O.ClH/c11-7-4-6(5-8(12)9(7)13)10(16)15-3-1-2-14;/h4-5H,1-3,14H2,(H,15,16);1H. The zero-order valence-electron chi connectivity index (χ0n) is 8.80. The second-order valence-electron chi connectivity index (χ2n) is 3.15. The van der Waals surface area contributed by atoms with Crippen LogP contribution in [0.4, 0.5) is 13.2 Å². The third kappa shape index (κ3) is 4.24. The van der Waals surface area contributed by atoms with Crippen LogP contribution in [0, 0.1) is 17.5 Å². The Bertz CT molecular complexity index is 378. The number of amides is 1. The van der Waals surface area contributed by atoms with Crippen molar-refractivity contribution in [3.8, 4) is 0 Å². The monoisotopic (exact) mass is 268 g/mol. The molecule has 0 unspecified atom stereocenters. The van der Waals surface area contributed by atoms with E-state index in [1.54, 1.807) is 0 Å². The third-order valence-electron chi connectivity index (χ3n) is 1.91. The van der Waals surface area contributed by atoms with Gasteiger partial charge in [0.2, 0.25) is 0 Å². The topological polar surface area (TPSA) is 55.1 Å². The van der Waals surface area contributed by atoms with E-state index in [2.05, 4.69) is 5.32 Å². The summed E-state index contributed by atoms with van der Waals surface area (Å²) >= 11 is 0. The Kier molecular flexibility index (Phi) is 6.60. The van der Waals surface area contributed by atoms with Gasteiger partial charge >= 0.3 is 0 Å². The number of rotatable bonds is 4. The van der Waals surface area contributed by atoms with Crippen molar-refractivity contribution < 1.29 is 18.0 Å². The maximum atomic E-state index is 12.8. The first-order valence-corrected chi connectivity index (χ1v) is 4.69. The summed E-state index contributed by atoms with van der Waals surface area (Å²) in [6, 6.07) is 1.30. The Labute approximate surface area is 103 Å². The van der Waals surface area contributed by atoms with E-state index in [1.165, 1.54) is 0 Å². The van der Waals surface area contributed by atoms with Crippen LogP contribution in [0.2, 0.25) is 0 Å². The Morgan fingerprint density at radius 2 is 1.76 bits per heavy atom. The molecule has 3 nitrogen and oxygen atoms in total. The molecule has 0 aliphatic heterocycles. The minimum atomic E-state index is -1.58. The zero-order chi connectivity index (χ0) is 12.1. The van der Waals surface area contributed by atoms with Gasteiger partial charge in [-0.2, -0.15) is 0 Å². The van der Waals surface area contributed by atoms with E-state index in [0.717, 1.165) is 0 Å². The molecular weight excluding hydrogens is 257 g/mol. The van der Waals surface area contributed by atoms with Gasteiger partial charge in [-0.15, -0.1) is 12.4 Å². The van der Waals surface area contributed by atoms with Crippen LogP contribution in [0.5, 0.6) is 0 Å². The third-order valence-corrected chi connectivity index (χ3v) is 1.91. The van der Waals surface area contributed by atoms with E-state index >= 15 is 0 Å². The minimum absolute atomic E-state index is 0. The van der Waals surface area contributed by atoms with Gasteiger partial charge in [0.1, 0.15) is 0 Å².